The summed E-state index contributed by atoms with van der Waals surface area (Å²) in [6.07, 6.45) is 2.09. The van der Waals surface area contributed by atoms with Gasteiger partial charge in [-0.2, -0.15) is 0 Å². The molecule has 35 heteroatoms. The summed E-state index contributed by atoms with van der Waals surface area (Å²) in [6.45, 7) is 4.29. The number of ketones is 1. The predicted octanol–water partition coefficient (Wildman–Crippen LogP) is 0.325. The van der Waals surface area contributed by atoms with Gasteiger partial charge < -0.3 is 93.3 Å². The number of aliphatic hydroxyl groups is 1. The van der Waals surface area contributed by atoms with Crippen molar-refractivity contribution in [1.82, 2.24) is 63.0 Å². The van der Waals surface area contributed by atoms with Gasteiger partial charge in [0.05, 0.1) is 54.7 Å². The average Bonchev–Trinajstić information content (AvgIpc) is 1.07. The zero-order chi connectivity index (χ0) is 76.3. The molecule has 0 bridgehead atoms. The van der Waals surface area contributed by atoms with Gasteiger partial charge in [0.25, 0.3) is 0 Å². The van der Waals surface area contributed by atoms with Gasteiger partial charge in [0.2, 0.25) is 53.2 Å². The van der Waals surface area contributed by atoms with Gasteiger partial charge in [-0.3, -0.25) is 63.5 Å². The number of benzene rings is 3. The first-order chi connectivity index (χ1) is 50.1. The van der Waals surface area contributed by atoms with Gasteiger partial charge >= 0.3 is 12.0 Å². The molecule has 3 aromatic rings. The number of Topliss-reactive ketones (excluding diaryl/α,β-unsaturated/α-hetero) is 1. The van der Waals surface area contributed by atoms with Crippen LogP contribution in [0.25, 0.3) is 0 Å². The number of carboxylic acids is 1. The Bertz CT molecular complexity index is 3540. The normalized spacial score (nSPS) is 21.7. The lowest BCUT2D eigenvalue weighted by atomic mass is 9.79. The molecule has 3 aliphatic heterocycles. The van der Waals surface area contributed by atoms with Crippen LogP contribution in [0, 0.1) is 20.8 Å². The Labute approximate surface area is 630 Å². The number of aromatic hydroxyl groups is 2. The molecule has 1 unspecified atom stereocenters. The fourth-order valence-corrected chi connectivity index (χ4v) is 15.5. The van der Waals surface area contributed by atoms with E-state index in [1.54, 1.807) is 37.3 Å². The number of nitrogens with one attached hydrogen (secondary N) is 11. The van der Waals surface area contributed by atoms with Crippen molar-refractivity contribution in [3.63, 3.8) is 0 Å². The fraction of sp³-hybridized carbons (Fsp3) is 0.557. The summed E-state index contributed by atoms with van der Waals surface area (Å²) in [7, 11) is 2.29. The van der Waals surface area contributed by atoms with E-state index in [4.69, 9.17) is 20.6 Å². The zero-order valence-corrected chi connectivity index (χ0v) is 62.7. The number of rotatable bonds is 31. The lowest BCUT2D eigenvalue weighted by molar-refractivity contribution is -0.142. The van der Waals surface area contributed by atoms with Crippen molar-refractivity contribution < 1.29 is 87.4 Å². The number of amidine groups is 1. The Kier molecular flexibility index (Phi) is 33.6. The van der Waals surface area contributed by atoms with E-state index in [2.05, 4.69) is 53.2 Å². The molecule has 4 fully saturated rings. The van der Waals surface area contributed by atoms with E-state index in [0.29, 0.717) is 33.2 Å². The number of likely N-dealkylation sites (tertiary alicyclic amines) is 1. The molecule has 3 saturated heterocycles. The molecule has 7 rings (SSSR count). The van der Waals surface area contributed by atoms with Gasteiger partial charge in [-0.25, -0.2) is 4.79 Å². The van der Waals surface area contributed by atoms with Crippen molar-refractivity contribution in [2.75, 3.05) is 70.7 Å². The Morgan fingerprint density at radius 3 is 2.14 bits per heavy atom. The van der Waals surface area contributed by atoms with Crippen molar-refractivity contribution in [1.29, 1.82) is 5.41 Å². The predicted molar refractivity (Wildman–Crippen MR) is 397 cm³/mol. The van der Waals surface area contributed by atoms with Crippen molar-refractivity contribution in [3.8, 4) is 11.5 Å². The minimum absolute atomic E-state index is 0.0127. The molecule has 0 spiro atoms. The number of aliphatic hydroxyl groups excluding tert-OH is 1. The second kappa shape index (κ2) is 42.1. The monoisotopic (exact) mass is 1610 g/mol. The zero-order valence-electron chi connectivity index (χ0n) is 58.9. The van der Waals surface area contributed by atoms with Crippen molar-refractivity contribution in [3.05, 3.63) is 92.6 Å². The Hall–Kier alpha value is -8.36. The molecular formula is C70H97IN14O18S2. The van der Waals surface area contributed by atoms with Crippen LogP contribution in [-0.4, -0.2) is 238 Å². The highest BCUT2D eigenvalue weighted by Gasteiger charge is 2.45. The number of hydrogen-bond donors (Lipinski definition) is 16. The maximum Gasteiger partial charge on any atom is 0.318 e. The minimum atomic E-state index is -1.68. The number of ether oxygens (including phenoxy) is 2. The molecule has 0 radical (unpaired) electrons. The summed E-state index contributed by atoms with van der Waals surface area (Å²) >= 11 is 1.89. The van der Waals surface area contributed by atoms with Crippen LogP contribution < -0.4 is 58.9 Å². The first-order valence-electron chi connectivity index (χ1n) is 35.1. The number of amides is 11. The average molecular weight is 1610 g/mol. The number of phenols is 2. The largest absolute Gasteiger partial charge is 0.508 e. The molecule has 3 aromatic carbocycles. The second-order valence-electron chi connectivity index (χ2n) is 26.9. The van der Waals surface area contributed by atoms with E-state index in [1.807, 2.05) is 36.4 Å². The third-order valence-electron chi connectivity index (χ3n) is 18.1. The van der Waals surface area contributed by atoms with Crippen LogP contribution in [0.5, 0.6) is 11.5 Å². The lowest BCUT2D eigenvalue weighted by Crippen LogP contribution is -2.63. The van der Waals surface area contributed by atoms with Crippen LogP contribution in [0.4, 0.5) is 4.79 Å². The van der Waals surface area contributed by atoms with Gasteiger partial charge in [-0.15, -0.1) is 0 Å². The van der Waals surface area contributed by atoms with E-state index in [0.717, 1.165) is 53.4 Å². The van der Waals surface area contributed by atoms with Gasteiger partial charge in [-0.05, 0) is 114 Å². The maximum absolute atomic E-state index is 15.0. The number of carboxylic acid groups (broad SMARTS) is 1. The highest BCUT2D eigenvalue weighted by molar-refractivity contribution is 14.1. The van der Waals surface area contributed by atoms with Gasteiger partial charge in [0, 0.05) is 75.0 Å². The smallest absolute Gasteiger partial charge is 0.318 e. The molecule has 0 aromatic heterocycles. The van der Waals surface area contributed by atoms with Crippen molar-refractivity contribution in [2.45, 2.75) is 165 Å². The number of carbonyl (C=O) groups excluding carboxylic acids is 11. The van der Waals surface area contributed by atoms with Crippen molar-refractivity contribution in [2.24, 2.45) is 17.6 Å². The molecule has 32 nitrogen and oxygen atoms in total. The topological polar surface area (TPSA) is 481 Å². The molecule has 3 heterocycles. The van der Waals surface area contributed by atoms with Crippen LogP contribution in [0.2, 0.25) is 0 Å². The number of urea groups is 1. The van der Waals surface area contributed by atoms with E-state index < -0.39 is 146 Å². The van der Waals surface area contributed by atoms with E-state index >= 15 is 0 Å². The molecule has 105 heavy (non-hydrogen) atoms. The summed E-state index contributed by atoms with van der Waals surface area (Å²) in [5, 5.41) is 76.2. The number of halogens is 1. The van der Waals surface area contributed by atoms with Crippen LogP contribution in [0.1, 0.15) is 107 Å². The molecule has 1 aliphatic carbocycles. The Morgan fingerprint density at radius 1 is 0.771 bits per heavy atom. The van der Waals surface area contributed by atoms with Gasteiger partial charge in [0.15, 0.2) is 5.78 Å². The number of fused-ring (bicyclic) bond motifs is 1. The highest BCUT2D eigenvalue weighted by Crippen LogP contribution is 2.31. The fourth-order valence-electron chi connectivity index (χ4n) is 12.5. The Morgan fingerprint density at radius 2 is 1.47 bits per heavy atom. The number of hydrogen-bond acceptors (Lipinski definition) is 21. The number of nitrogens with zero attached hydrogens (tertiary/aromatic N) is 2. The maximum atomic E-state index is 15.0. The molecule has 4 aliphatic rings. The summed E-state index contributed by atoms with van der Waals surface area (Å²) in [4.78, 5) is 168. The summed E-state index contributed by atoms with van der Waals surface area (Å²) in [5.41, 5.74) is 7.85. The molecule has 1 saturated carbocycles. The summed E-state index contributed by atoms with van der Waals surface area (Å²) in [6, 6.07) is 6.36. The highest BCUT2D eigenvalue weighted by atomic mass is 127. The third-order valence-corrected chi connectivity index (χ3v) is 21.5. The summed E-state index contributed by atoms with van der Waals surface area (Å²) < 4.78 is 11.6. The molecule has 17 N–H and O–H groups in total. The lowest BCUT2D eigenvalue weighted by Gasteiger charge is -2.43. The van der Waals surface area contributed by atoms with Crippen LogP contribution in [0.15, 0.2) is 66.7 Å². The standard InChI is InChI=1S/C70H97IN14O18S2/c1-39(2)27-50-66(97)78-40(3)37-104-105-38-53(69(100)85-35-47(87)31-55(85)68(99)82-51(64(95)76-34-58(90)79-50)30-43-13-19-56(88)48(71)28-43)83-65(96)49(18-20-60(92)93)81-67(98)52(29-41-11-16-46(86)17-12-41)80-59(91)36-103-26-25-102-24-22-74-57(89)33-75-61(44-7-5-4-6-8-44)62(94)54-21-23-84(54)70(101)77-32-42-9-14-45(15-10-42)63(72)73/h9-17,19,28,39-40,44,47,49-55,61,75,86-88H,4-8,18,20-27,29-38H2,1-3H3,(H3,72,73)(H,74,89)(H,76,95)(H,77,101)(H,78,97)(H,79,90)(H,80,91)(H,81,98)(H,82,99)(H,83,96)(H,92,93)/t40-,47-,49-,50+,51+,52+,53+,54?,55+,61-/m1/s1. The van der Waals surface area contributed by atoms with E-state index in [1.165, 1.54) is 52.1 Å². The number of carbonyl (C=O) groups is 12. The Balaban J connectivity index is 0.955. The SMILES string of the molecule is CC(C)C[C@@H]1NC(=O)CNC(=O)[C@H](Cc2ccc(O)c(I)c2)NC(=O)[C@@H]2C[C@@H](O)CN2C(=O)[C@@H](NC(=O)[C@@H](CCC(=O)O)NC(=O)[C@H](Cc2ccc(O)cc2)NC(=O)COCCOCCNC(=O)CN[C@@H](C(=O)C2CCN2C(=O)NCc2ccc(C(=N)N)cc2)C2CCCCC2)CSSC[C@@H](C)NC1=O. The third kappa shape index (κ3) is 27.2. The van der Waals surface area contributed by atoms with Gasteiger partial charge in [-0.1, -0.05) is 97.2 Å². The molecular weight excluding hydrogens is 1520 g/mol. The van der Waals surface area contributed by atoms with E-state index in [9.17, 15) is 78.0 Å². The molecule has 11 amide bonds. The van der Waals surface area contributed by atoms with Gasteiger partial charge in [0.1, 0.15) is 60.2 Å². The van der Waals surface area contributed by atoms with Crippen molar-refractivity contribution >= 4 is 121 Å². The number of nitrogens with two attached hydrogens (primary N) is 1. The first-order valence-corrected chi connectivity index (χ1v) is 38.6. The van der Waals surface area contributed by atoms with Crippen LogP contribution in [-0.2, 0) is 81.6 Å². The van der Waals surface area contributed by atoms with Crippen LogP contribution >= 0.6 is 44.2 Å². The quantitative estimate of drug-likeness (QED) is 0.0136. The minimum Gasteiger partial charge on any atom is -0.508 e. The number of nitrogen functional groups attached to an aromatic ring is 1. The number of aliphatic carboxylic acids is 1. The summed E-state index contributed by atoms with van der Waals surface area (Å²) in [5.74, 6) is -8.74. The number of phenolic OH excluding ortho intramolecular Hbond substituents is 2. The van der Waals surface area contributed by atoms with Crippen LogP contribution in [0.3, 0.4) is 0 Å². The molecule has 10 atom stereocenters. The molecule has 574 valence electrons. The first kappa shape index (κ1) is 83.9. The second-order valence-corrected chi connectivity index (χ2v) is 30.6. The van der Waals surface area contributed by atoms with E-state index in [-0.39, 0.29) is 124 Å².